The minimum absolute atomic E-state index is 0. The monoisotopic (exact) mass is 520 g/mol. The highest BCUT2D eigenvalue weighted by Gasteiger charge is 2.25. The first-order chi connectivity index (χ1) is 13.8. The van der Waals surface area contributed by atoms with Gasteiger partial charge in [-0.05, 0) is 38.4 Å². The molecule has 0 radical (unpaired) electrons. The third-order valence-electron chi connectivity index (χ3n) is 4.96. The average molecular weight is 520 g/mol. The van der Waals surface area contributed by atoms with Crippen molar-refractivity contribution in [2.75, 3.05) is 67.3 Å². The molecule has 0 aromatic heterocycles. The van der Waals surface area contributed by atoms with Gasteiger partial charge in [-0.15, -0.1) is 24.0 Å². The average Bonchev–Trinajstić information content (AvgIpc) is 3.26. The first-order valence-electron chi connectivity index (χ1n) is 10.2. The van der Waals surface area contributed by atoms with E-state index in [-0.39, 0.29) is 30.0 Å². The van der Waals surface area contributed by atoms with Crippen LogP contribution < -0.4 is 15.4 Å². The molecule has 0 amide bonds. The summed E-state index contributed by atoms with van der Waals surface area (Å²) in [5, 5.41) is 6.85. The highest BCUT2D eigenvalue weighted by molar-refractivity contribution is 14.0. The molecule has 1 aliphatic heterocycles. The van der Waals surface area contributed by atoms with Gasteiger partial charge in [0, 0.05) is 39.4 Å². The number of ether oxygens (including phenoxy) is 3. The Morgan fingerprint density at radius 3 is 2.55 bits per heavy atom. The molecule has 0 saturated carbocycles. The SMILES string of the molecule is CN=C(NCCCOCCOC)NCC(c1ccccc1OC)N1CCCC1.I. The second-order valence-electron chi connectivity index (χ2n) is 6.84. The van der Waals surface area contributed by atoms with E-state index in [1.54, 1.807) is 21.3 Å². The molecule has 2 N–H and O–H groups in total. The maximum absolute atomic E-state index is 5.62. The summed E-state index contributed by atoms with van der Waals surface area (Å²) in [7, 11) is 5.22. The number of para-hydroxylation sites is 1. The molecule has 166 valence electrons. The number of nitrogens with zero attached hydrogens (tertiary/aromatic N) is 2. The highest BCUT2D eigenvalue weighted by Crippen LogP contribution is 2.31. The number of rotatable bonds is 12. The number of hydrogen-bond donors (Lipinski definition) is 2. The van der Waals surface area contributed by atoms with Crippen molar-refractivity contribution in [1.29, 1.82) is 0 Å². The molecule has 29 heavy (non-hydrogen) atoms. The molecule has 0 aliphatic carbocycles. The molecule has 1 aromatic carbocycles. The van der Waals surface area contributed by atoms with Crippen molar-refractivity contribution in [3.8, 4) is 5.75 Å². The first kappa shape index (κ1) is 25.9. The number of hydrogen-bond acceptors (Lipinski definition) is 5. The van der Waals surface area contributed by atoms with Crippen molar-refractivity contribution < 1.29 is 14.2 Å². The van der Waals surface area contributed by atoms with Crippen molar-refractivity contribution in [1.82, 2.24) is 15.5 Å². The molecule has 8 heteroatoms. The summed E-state index contributed by atoms with van der Waals surface area (Å²) in [6, 6.07) is 8.56. The molecular weight excluding hydrogens is 483 g/mol. The number of halogens is 1. The molecule has 1 saturated heterocycles. The van der Waals surface area contributed by atoms with Crippen molar-refractivity contribution in [2.24, 2.45) is 4.99 Å². The van der Waals surface area contributed by atoms with Crippen LogP contribution in [0.2, 0.25) is 0 Å². The van der Waals surface area contributed by atoms with Crippen molar-refractivity contribution >= 4 is 29.9 Å². The van der Waals surface area contributed by atoms with Crippen LogP contribution in [-0.4, -0.2) is 78.1 Å². The fourth-order valence-corrected chi connectivity index (χ4v) is 3.47. The van der Waals surface area contributed by atoms with Crippen LogP contribution in [0.5, 0.6) is 5.75 Å². The third-order valence-corrected chi connectivity index (χ3v) is 4.96. The Labute approximate surface area is 192 Å². The van der Waals surface area contributed by atoms with E-state index in [1.165, 1.54) is 18.4 Å². The Morgan fingerprint density at radius 2 is 1.86 bits per heavy atom. The zero-order valence-corrected chi connectivity index (χ0v) is 20.3. The number of benzene rings is 1. The van der Waals surface area contributed by atoms with Gasteiger partial charge in [0.25, 0.3) is 0 Å². The number of nitrogens with one attached hydrogen (secondary N) is 2. The summed E-state index contributed by atoms with van der Waals surface area (Å²) < 4.78 is 16.1. The van der Waals surface area contributed by atoms with Crippen LogP contribution in [0.1, 0.15) is 30.9 Å². The van der Waals surface area contributed by atoms with Gasteiger partial charge in [0.15, 0.2) is 5.96 Å². The maximum atomic E-state index is 5.62. The van der Waals surface area contributed by atoms with Gasteiger partial charge in [-0.3, -0.25) is 9.89 Å². The summed E-state index contributed by atoms with van der Waals surface area (Å²) in [4.78, 5) is 6.88. The molecule has 0 spiro atoms. The molecule has 7 nitrogen and oxygen atoms in total. The van der Waals surface area contributed by atoms with Crippen molar-refractivity contribution in [2.45, 2.75) is 25.3 Å². The van der Waals surface area contributed by atoms with Crippen LogP contribution in [0.3, 0.4) is 0 Å². The van der Waals surface area contributed by atoms with Gasteiger partial charge in [-0.25, -0.2) is 0 Å². The van der Waals surface area contributed by atoms with E-state index in [9.17, 15) is 0 Å². The van der Waals surface area contributed by atoms with Gasteiger partial charge in [0.05, 0.1) is 26.4 Å². The summed E-state index contributed by atoms with van der Waals surface area (Å²) in [5.74, 6) is 1.76. The summed E-state index contributed by atoms with van der Waals surface area (Å²) in [6.07, 6.45) is 3.43. The second kappa shape index (κ2) is 15.7. The van der Waals surface area contributed by atoms with Crippen molar-refractivity contribution in [3.63, 3.8) is 0 Å². The standard InChI is InChI=1S/C21H36N4O3.HI/c1-22-21(23-11-8-14-28-16-15-26-2)24-17-19(25-12-6-7-13-25)18-9-4-5-10-20(18)27-3;/h4-5,9-10,19H,6-8,11-17H2,1-3H3,(H2,22,23,24);1H. The van der Waals surface area contributed by atoms with E-state index < -0.39 is 0 Å². The smallest absolute Gasteiger partial charge is 0.191 e. The maximum Gasteiger partial charge on any atom is 0.191 e. The number of aliphatic imine (C=N–C) groups is 1. The molecule has 1 unspecified atom stereocenters. The van der Waals surface area contributed by atoms with Crippen molar-refractivity contribution in [3.05, 3.63) is 29.8 Å². The molecular formula is C21H37IN4O3. The van der Waals surface area contributed by atoms with Crippen LogP contribution in [-0.2, 0) is 9.47 Å². The fraction of sp³-hybridized carbons (Fsp3) is 0.667. The molecule has 2 rings (SSSR count). The second-order valence-corrected chi connectivity index (χ2v) is 6.84. The summed E-state index contributed by atoms with van der Waals surface area (Å²) >= 11 is 0. The topological polar surface area (TPSA) is 67.4 Å². The molecule has 1 heterocycles. The fourth-order valence-electron chi connectivity index (χ4n) is 3.47. The van der Waals surface area contributed by atoms with E-state index >= 15 is 0 Å². The van der Waals surface area contributed by atoms with E-state index in [4.69, 9.17) is 14.2 Å². The molecule has 1 atom stereocenters. The van der Waals surface area contributed by atoms with E-state index in [1.807, 2.05) is 12.1 Å². The summed E-state index contributed by atoms with van der Waals surface area (Å²) in [6.45, 7) is 5.83. The minimum Gasteiger partial charge on any atom is -0.496 e. The van der Waals surface area contributed by atoms with Gasteiger partial charge < -0.3 is 24.8 Å². The van der Waals surface area contributed by atoms with Gasteiger partial charge in [-0.1, -0.05) is 18.2 Å². The largest absolute Gasteiger partial charge is 0.496 e. The predicted molar refractivity (Wildman–Crippen MR) is 129 cm³/mol. The molecule has 1 aromatic rings. The van der Waals surface area contributed by atoms with Gasteiger partial charge in [0.2, 0.25) is 0 Å². The van der Waals surface area contributed by atoms with Gasteiger partial charge in [-0.2, -0.15) is 0 Å². The Morgan fingerprint density at radius 1 is 1.10 bits per heavy atom. The normalized spacial score (nSPS) is 15.6. The molecule has 0 bridgehead atoms. The zero-order valence-electron chi connectivity index (χ0n) is 18.0. The third kappa shape index (κ3) is 9.06. The Bertz CT molecular complexity index is 583. The van der Waals surface area contributed by atoms with Gasteiger partial charge >= 0.3 is 0 Å². The molecule has 1 fully saturated rings. The highest BCUT2D eigenvalue weighted by atomic mass is 127. The first-order valence-corrected chi connectivity index (χ1v) is 10.2. The lowest BCUT2D eigenvalue weighted by atomic mass is 10.0. The number of guanidine groups is 1. The molecule has 1 aliphatic rings. The van der Waals surface area contributed by atoms with Crippen LogP contribution in [0.4, 0.5) is 0 Å². The minimum atomic E-state index is 0. The van der Waals surface area contributed by atoms with E-state index in [2.05, 4.69) is 32.7 Å². The number of methoxy groups -OCH3 is 2. The lowest BCUT2D eigenvalue weighted by molar-refractivity contribution is 0.0698. The van der Waals surface area contributed by atoms with Crippen LogP contribution in [0.25, 0.3) is 0 Å². The Balaban J connectivity index is 0.00000420. The predicted octanol–water partition coefficient (Wildman–Crippen LogP) is 2.67. The van der Waals surface area contributed by atoms with Crippen LogP contribution in [0.15, 0.2) is 29.3 Å². The van der Waals surface area contributed by atoms with E-state index in [0.29, 0.717) is 19.8 Å². The Kier molecular flexibility index (Phi) is 14.0. The zero-order chi connectivity index (χ0) is 20.0. The van der Waals surface area contributed by atoms with E-state index in [0.717, 1.165) is 44.3 Å². The van der Waals surface area contributed by atoms with Crippen LogP contribution in [0, 0.1) is 0 Å². The lowest BCUT2D eigenvalue weighted by Gasteiger charge is -2.30. The van der Waals surface area contributed by atoms with Crippen LogP contribution >= 0.6 is 24.0 Å². The number of likely N-dealkylation sites (tertiary alicyclic amines) is 1. The van der Waals surface area contributed by atoms with Gasteiger partial charge in [0.1, 0.15) is 5.75 Å². The summed E-state index contributed by atoms with van der Waals surface area (Å²) in [5.41, 5.74) is 1.22. The Hall–Kier alpha value is -1.10. The lowest BCUT2D eigenvalue weighted by Crippen LogP contribution is -2.43. The quantitative estimate of drug-likeness (QED) is 0.191.